The molecule has 2 aromatic carbocycles. The molecule has 3 heterocycles. The first kappa shape index (κ1) is 19.3. The Bertz CT molecular complexity index is 1390. The first-order valence-corrected chi connectivity index (χ1v) is 10.0. The molecule has 0 atom stereocenters. The summed E-state index contributed by atoms with van der Waals surface area (Å²) in [6.07, 6.45) is 6.74. The quantitative estimate of drug-likeness (QED) is 0.425. The Morgan fingerprint density at radius 2 is 1.69 bits per heavy atom. The predicted octanol–water partition coefficient (Wildman–Crippen LogP) is 4.51. The summed E-state index contributed by atoms with van der Waals surface area (Å²) in [5.74, 6) is 0.441. The third-order valence-corrected chi connectivity index (χ3v) is 4.86. The van der Waals surface area contributed by atoms with E-state index in [1.807, 2.05) is 78.9 Å². The van der Waals surface area contributed by atoms with E-state index in [0.717, 1.165) is 22.4 Å². The van der Waals surface area contributed by atoms with Crippen molar-refractivity contribution in [3.63, 3.8) is 0 Å². The van der Waals surface area contributed by atoms with E-state index in [2.05, 4.69) is 20.5 Å². The fourth-order valence-electron chi connectivity index (χ4n) is 3.26. The Morgan fingerprint density at radius 1 is 0.844 bits per heavy atom. The summed E-state index contributed by atoms with van der Waals surface area (Å²) in [5.41, 5.74) is 4.85. The number of hydrogen-bond donors (Lipinski definition) is 1. The van der Waals surface area contributed by atoms with E-state index in [1.54, 1.807) is 23.0 Å². The minimum absolute atomic E-state index is 0.188. The molecule has 0 spiro atoms. The Labute approximate surface area is 184 Å². The van der Waals surface area contributed by atoms with Gasteiger partial charge in [0.05, 0.1) is 5.69 Å². The van der Waals surface area contributed by atoms with Gasteiger partial charge in [0.2, 0.25) is 5.91 Å². The standard InChI is InChI=1S/C25H18N6O/c32-24(15-8-18-5-2-1-3-6-18)27-21-11-9-19(10-12-21)22-13-14-23-28-29-25(31(23)30-22)20-7-4-16-26-17-20/h1-17H,(H,27,32)/b15-8+. The number of amides is 1. The first-order valence-electron chi connectivity index (χ1n) is 10.0. The fourth-order valence-corrected chi connectivity index (χ4v) is 3.26. The van der Waals surface area contributed by atoms with E-state index in [9.17, 15) is 4.79 Å². The second-order valence-electron chi connectivity index (χ2n) is 7.06. The normalized spacial score (nSPS) is 11.1. The maximum Gasteiger partial charge on any atom is 0.248 e. The van der Waals surface area contributed by atoms with Crippen molar-refractivity contribution in [3.05, 3.63) is 103 Å². The molecule has 7 heteroatoms. The average Bonchev–Trinajstić information content (AvgIpc) is 3.28. The molecule has 0 unspecified atom stereocenters. The molecule has 0 aliphatic heterocycles. The van der Waals surface area contributed by atoms with Gasteiger partial charge in [-0.05, 0) is 48.0 Å². The number of carbonyl (C=O) groups excluding carboxylic acids is 1. The largest absolute Gasteiger partial charge is 0.323 e. The van der Waals surface area contributed by atoms with E-state index in [4.69, 9.17) is 5.10 Å². The van der Waals surface area contributed by atoms with Gasteiger partial charge in [-0.15, -0.1) is 10.2 Å². The number of nitrogens with zero attached hydrogens (tertiary/aromatic N) is 5. The molecule has 7 nitrogen and oxygen atoms in total. The Morgan fingerprint density at radius 3 is 2.47 bits per heavy atom. The summed E-state index contributed by atoms with van der Waals surface area (Å²) in [5, 5.41) is 16.0. The van der Waals surface area contributed by atoms with Crippen molar-refractivity contribution >= 4 is 23.3 Å². The number of rotatable bonds is 5. The number of fused-ring (bicyclic) bond motifs is 1. The number of hydrogen-bond acceptors (Lipinski definition) is 5. The molecule has 3 aromatic heterocycles. The number of nitrogens with one attached hydrogen (secondary N) is 1. The van der Waals surface area contributed by atoms with Crippen LogP contribution in [0.2, 0.25) is 0 Å². The molecule has 1 N–H and O–H groups in total. The second-order valence-corrected chi connectivity index (χ2v) is 7.06. The van der Waals surface area contributed by atoms with Crippen LogP contribution in [0.25, 0.3) is 34.4 Å². The van der Waals surface area contributed by atoms with E-state index in [0.29, 0.717) is 17.2 Å². The zero-order chi connectivity index (χ0) is 21.8. The lowest BCUT2D eigenvalue weighted by Crippen LogP contribution is -2.07. The molecule has 1 amide bonds. The summed E-state index contributed by atoms with van der Waals surface area (Å²) >= 11 is 0. The molecule has 0 saturated heterocycles. The van der Waals surface area contributed by atoms with Gasteiger partial charge in [-0.25, -0.2) is 0 Å². The van der Waals surface area contributed by atoms with Crippen LogP contribution in [0.5, 0.6) is 0 Å². The van der Waals surface area contributed by atoms with Gasteiger partial charge in [-0.3, -0.25) is 9.78 Å². The highest BCUT2D eigenvalue weighted by Gasteiger charge is 2.11. The summed E-state index contributed by atoms with van der Waals surface area (Å²) in [6, 6.07) is 24.8. The first-order chi connectivity index (χ1) is 15.8. The lowest BCUT2D eigenvalue weighted by molar-refractivity contribution is -0.111. The van der Waals surface area contributed by atoms with Gasteiger partial charge >= 0.3 is 0 Å². The molecular formula is C25H18N6O. The zero-order valence-corrected chi connectivity index (χ0v) is 17.0. The van der Waals surface area contributed by atoms with Crippen LogP contribution in [0.3, 0.4) is 0 Å². The van der Waals surface area contributed by atoms with Gasteiger partial charge in [-0.1, -0.05) is 42.5 Å². The number of anilines is 1. The molecule has 5 aromatic rings. The Balaban J connectivity index is 1.34. The minimum Gasteiger partial charge on any atom is -0.323 e. The third kappa shape index (κ3) is 4.13. The molecule has 0 bridgehead atoms. The molecule has 5 rings (SSSR count). The van der Waals surface area contributed by atoms with Gasteiger partial charge in [0, 0.05) is 35.3 Å². The maximum absolute atomic E-state index is 12.2. The Hall–Kier alpha value is -4.65. The van der Waals surface area contributed by atoms with Gasteiger partial charge in [0.15, 0.2) is 11.5 Å². The van der Waals surface area contributed by atoms with Crippen molar-refractivity contribution in [2.24, 2.45) is 0 Å². The van der Waals surface area contributed by atoms with E-state index in [-0.39, 0.29) is 5.91 Å². The van der Waals surface area contributed by atoms with Crippen LogP contribution in [0.4, 0.5) is 5.69 Å². The highest BCUT2D eigenvalue weighted by molar-refractivity contribution is 6.02. The van der Waals surface area contributed by atoms with E-state index >= 15 is 0 Å². The summed E-state index contributed by atoms with van der Waals surface area (Å²) in [4.78, 5) is 16.3. The number of benzene rings is 2. The molecule has 0 aliphatic rings. The van der Waals surface area contributed by atoms with Crippen LogP contribution < -0.4 is 5.32 Å². The maximum atomic E-state index is 12.2. The molecule has 0 aliphatic carbocycles. The van der Waals surface area contributed by atoms with Crippen molar-refractivity contribution < 1.29 is 4.79 Å². The average molecular weight is 418 g/mol. The molecule has 0 saturated carbocycles. The van der Waals surface area contributed by atoms with E-state index in [1.165, 1.54) is 6.08 Å². The van der Waals surface area contributed by atoms with Crippen molar-refractivity contribution in [1.82, 2.24) is 24.8 Å². The molecule has 154 valence electrons. The van der Waals surface area contributed by atoms with Crippen LogP contribution >= 0.6 is 0 Å². The fraction of sp³-hybridized carbons (Fsp3) is 0. The molecule has 0 radical (unpaired) electrons. The van der Waals surface area contributed by atoms with Crippen LogP contribution in [0, 0.1) is 0 Å². The van der Waals surface area contributed by atoms with Crippen molar-refractivity contribution in [1.29, 1.82) is 0 Å². The summed E-state index contributed by atoms with van der Waals surface area (Å²) in [6.45, 7) is 0. The van der Waals surface area contributed by atoms with Crippen molar-refractivity contribution in [2.75, 3.05) is 5.32 Å². The molecule has 32 heavy (non-hydrogen) atoms. The summed E-state index contributed by atoms with van der Waals surface area (Å²) < 4.78 is 1.70. The van der Waals surface area contributed by atoms with Gasteiger partial charge < -0.3 is 5.32 Å². The van der Waals surface area contributed by atoms with Crippen LogP contribution in [-0.4, -0.2) is 30.7 Å². The van der Waals surface area contributed by atoms with Crippen molar-refractivity contribution in [3.8, 4) is 22.6 Å². The lowest BCUT2D eigenvalue weighted by Gasteiger charge is -2.06. The van der Waals surface area contributed by atoms with E-state index < -0.39 is 0 Å². The predicted molar refractivity (Wildman–Crippen MR) is 124 cm³/mol. The number of aromatic nitrogens is 5. The minimum atomic E-state index is -0.188. The van der Waals surface area contributed by atoms with Gasteiger partial charge in [0.1, 0.15) is 0 Å². The Kier molecular flexibility index (Phi) is 5.20. The highest BCUT2D eigenvalue weighted by Crippen LogP contribution is 2.22. The van der Waals surface area contributed by atoms with Crippen LogP contribution in [0.15, 0.2) is 97.3 Å². The number of pyridine rings is 1. The molecule has 0 fully saturated rings. The molecular weight excluding hydrogens is 400 g/mol. The highest BCUT2D eigenvalue weighted by atomic mass is 16.1. The SMILES string of the molecule is O=C(/C=C/c1ccccc1)Nc1ccc(-c2ccc3nnc(-c4cccnc4)n3n2)cc1. The topological polar surface area (TPSA) is 85.1 Å². The van der Waals surface area contributed by atoms with Crippen molar-refractivity contribution in [2.45, 2.75) is 0 Å². The van der Waals surface area contributed by atoms with Crippen LogP contribution in [-0.2, 0) is 4.79 Å². The smallest absolute Gasteiger partial charge is 0.248 e. The second kappa shape index (κ2) is 8.61. The monoisotopic (exact) mass is 418 g/mol. The van der Waals surface area contributed by atoms with Gasteiger partial charge in [-0.2, -0.15) is 9.61 Å². The summed E-state index contributed by atoms with van der Waals surface area (Å²) in [7, 11) is 0. The van der Waals surface area contributed by atoms with Gasteiger partial charge in [0.25, 0.3) is 0 Å². The number of carbonyl (C=O) groups is 1. The third-order valence-electron chi connectivity index (χ3n) is 4.86. The lowest BCUT2D eigenvalue weighted by atomic mass is 10.1. The zero-order valence-electron chi connectivity index (χ0n) is 17.0. The van der Waals surface area contributed by atoms with Crippen LogP contribution in [0.1, 0.15) is 5.56 Å².